The lowest BCUT2D eigenvalue weighted by atomic mass is 10.1. The molecule has 0 aliphatic heterocycles. The fourth-order valence-corrected chi connectivity index (χ4v) is 1.94. The maximum atomic E-state index is 6.08. The van der Waals surface area contributed by atoms with Crippen molar-refractivity contribution in [2.24, 2.45) is 10.7 Å². The molecule has 0 spiro atoms. The van der Waals surface area contributed by atoms with Crippen LogP contribution in [0.25, 0.3) is 0 Å². The van der Waals surface area contributed by atoms with E-state index < -0.39 is 0 Å². The molecule has 3 N–H and O–H groups in total. The van der Waals surface area contributed by atoms with Gasteiger partial charge in [-0.25, -0.2) is 0 Å². The number of aliphatic imine (C=N–C) groups is 1. The minimum Gasteiger partial charge on any atom is -0.370 e. The lowest BCUT2D eigenvalue weighted by molar-refractivity contribution is 0.709. The smallest absolute Gasteiger partial charge is 0.189 e. The van der Waals surface area contributed by atoms with Crippen LogP contribution in [0.5, 0.6) is 0 Å². The Kier molecular flexibility index (Phi) is 4.90. The monoisotopic (exact) mass is 259 g/mol. The Labute approximate surface area is 106 Å². The van der Waals surface area contributed by atoms with Crippen LogP contribution in [-0.4, -0.2) is 12.5 Å². The SMILES string of the molecule is CCN=C(N)NC(C)c1ccc(Cl)cc1Cl. The van der Waals surface area contributed by atoms with Gasteiger partial charge in [-0.05, 0) is 31.5 Å². The minimum atomic E-state index is 0.0000617. The van der Waals surface area contributed by atoms with Crippen LogP contribution >= 0.6 is 23.2 Å². The van der Waals surface area contributed by atoms with Crippen molar-refractivity contribution in [1.29, 1.82) is 0 Å². The Morgan fingerprint density at radius 1 is 1.50 bits per heavy atom. The van der Waals surface area contributed by atoms with Crippen LogP contribution < -0.4 is 11.1 Å². The number of hydrogen-bond donors (Lipinski definition) is 2. The summed E-state index contributed by atoms with van der Waals surface area (Å²) in [5.41, 5.74) is 6.62. The summed E-state index contributed by atoms with van der Waals surface area (Å²) in [6, 6.07) is 5.39. The number of halogens is 2. The van der Waals surface area contributed by atoms with E-state index in [2.05, 4.69) is 10.3 Å². The largest absolute Gasteiger partial charge is 0.370 e. The van der Waals surface area contributed by atoms with Gasteiger partial charge in [-0.2, -0.15) is 0 Å². The van der Waals surface area contributed by atoms with Crippen molar-refractivity contribution in [3.05, 3.63) is 33.8 Å². The van der Waals surface area contributed by atoms with Gasteiger partial charge in [0.1, 0.15) is 0 Å². The van der Waals surface area contributed by atoms with Gasteiger partial charge in [0.05, 0.1) is 6.04 Å². The summed E-state index contributed by atoms with van der Waals surface area (Å²) in [5.74, 6) is 0.418. The summed E-state index contributed by atoms with van der Waals surface area (Å²) in [7, 11) is 0. The highest BCUT2D eigenvalue weighted by atomic mass is 35.5. The van der Waals surface area contributed by atoms with Crippen molar-refractivity contribution in [2.45, 2.75) is 19.9 Å². The fraction of sp³-hybridized carbons (Fsp3) is 0.364. The Balaban J connectivity index is 2.80. The van der Waals surface area contributed by atoms with Crippen molar-refractivity contribution < 1.29 is 0 Å². The predicted octanol–water partition coefficient (Wildman–Crippen LogP) is 2.98. The highest BCUT2D eigenvalue weighted by molar-refractivity contribution is 6.35. The van der Waals surface area contributed by atoms with Gasteiger partial charge in [0.25, 0.3) is 0 Å². The molecule has 0 aromatic heterocycles. The molecule has 0 saturated heterocycles. The van der Waals surface area contributed by atoms with Gasteiger partial charge in [0, 0.05) is 16.6 Å². The first kappa shape index (κ1) is 13.1. The molecule has 88 valence electrons. The van der Waals surface area contributed by atoms with Crippen molar-refractivity contribution in [1.82, 2.24) is 5.32 Å². The molecule has 3 nitrogen and oxygen atoms in total. The normalized spacial score (nSPS) is 13.6. The topological polar surface area (TPSA) is 50.4 Å². The van der Waals surface area contributed by atoms with E-state index in [9.17, 15) is 0 Å². The Morgan fingerprint density at radius 2 is 2.19 bits per heavy atom. The van der Waals surface area contributed by atoms with Crippen LogP contribution in [0.15, 0.2) is 23.2 Å². The molecule has 0 radical (unpaired) electrons. The van der Waals surface area contributed by atoms with E-state index in [1.807, 2.05) is 19.9 Å². The number of guanidine groups is 1. The molecular weight excluding hydrogens is 245 g/mol. The van der Waals surface area contributed by atoms with E-state index in [0.29, 0.717) is 22.5 Å². The standard InChI is InChI=1S/C11H15Cl2N3/c1-3-15-11(14)16-7(2)9-5-4-8(12)6-10(9)13/h4-7H,3H2,1-2H3,(H3,14,15,16). The van der Waals surface area contributed by atoms with Crippen LogP contribution in [0.2, 0.25) is 10.0 Å². The third-order valence-electron chi connectivity index (χ3n) is 2.12. The zero-order valence-corrected chi connectivity index (χ0v) is 10.8. The van der Waals surface area contributed by atoms with E-state index in [1.54, 1.807) is 12.1 Å². The molecule has 1 rings (SSSR count). The van der Waals surface area contributed by atoms with Crippen molar-refractivity contribution in [3.8, 4) is 0 Å². The summed E-state index contributed by atoms with van der Waals surface area (Å²) in [6.45, 7) is 4.54. The van der Waals surface area contributed by atoms with Crippen LogP contribution in [0.1, 0.15) is 25.5 Å². The molecule has 1 atom stereocenters. The predicted molar refractivity (Wildman–Crippen MR) is 70.2 cm³/mol. The van der Waals surface area contributed by atoms with Gasteiger partial charge in [-0.3, -0.25) is 4.99 Å². The van der Waals surface area contributed by atoms with Gasteiger partial charge in [-0.15, -0.1) is 0 Å². The number of benzene rings is 1. The van der Waals surface area contributed by atoms with Crippen LogP contribution in [0.4, 0.5) is 0 Å². The summed E-state index contributed by atoms with van der Waals surface area (Å²) < 4.78 is 0. The van der Waals surface area contributed by atoms with E-state index in [-0.39, 0.29) is 6.04 Å². The Bertz CT molecular complexity index is 391. The molecule has 1 aromatic rings. The Hall–Kier alpha value is -0.930. The molecule has 0 heterocycles. The quantitative estimate of drug-likeness (QED) is 0.648. The minimum absolute atomic E-state index is 0.0000617. The first-order chi connectivity index (χ1) is 7.54. The summed E-state index contributed by atoms with van der Waals surface area (Å²) >= 11 is 11.9. The highest BCUT2D eigenvalue weighted by Crippen LogP contribution is 2.25. The molecule has 16 heavy (non-hydrogen) atoms. The third-order valence-corrected chi connectivity index (χ3v) is 2.68. The number of nitrogens with two attached hydrogens (primary N) is 1. The number of hydrogen-bond acceptors (Lipinski definition) is 1. The maximum Gasteiger partial charge on any atom is 0.189 e. The van der Waals surface area contributed by atoms with Gasteiger partial charge in [0.15, 0.2) is 5.96 Å². The molecule has 1 aromatic carbocycles. The van der Waals surface area contributed by atoms with E-state index in [1.165, 1.54) is 0 Å². The molecule has 0 fully saturated rings. The summed E-state index contributed by atoms with van der Waals surface area (Å²) in [4.78, 5) is 4.05. The molecule has 0 amide bonds. The molecular formula is C11H15Cl2N3. The lowest BCUT2D eigenvalue weighted by Gasteiger charge is -2.16. The van der Waals surface area contributed by atoms with Gasteiger partial charge >= 0.3 is 0 Å². The van der Waals surface area contributed by atoms with E-state index in [4.69, 9.17) is 28.9 Å². The molecule has 5 heteroatoms. The van der Waals surface area contributed by atoms with E-state index >= 15 is 0 Å². The van der Waals surface area contributed by atoms with Crippen molar-refractivity contribution in [3.63, 3.8) is 0 Å². The first-order valence-corrected chi connectivity index (χ1v) is 5.81. The zero-order valence-electron chi connectivity index (χ0n) is 9.30. The third kappa shape index (κ3) is 3.58. The van der Waals surface area contributed by atoms with Crippen LogP contribution in [0, 0.1) is 0 Å². The van der Waals surface area contributed by atoms with Gasteiger partial charge in [-0.1, -0.05) is 29.3 Å². The van der Waals surface area contributed by atoms with Crippen LogP contribution in [-0.2, 0) is 0 Å². The molecule has 1 unspecified atom stereocenters. The zero-order chi connectivity index (χ0) is 12.1. The lowest BCUT2D eigenvalue weighted by Crippen LogP contribution is -2.34. The molecule has 0 saturated carbocycles. The summed E-state index contributed by atoms with van der Waals surface area (Å²) in [5, 5.41) is 4.30. The average Bonchev–Trinajstić information content (AvgIpc) is 2.17. The highest BCUT2D eigenvalue weighted by Gasteiger charge is 2.10. The van der Waals surface area contributed by atoms with Crippen LogP contribution in [0.3, 0.4) is 0 Å². The second-order valence-electron chi connectivity index (χ2n) is 3.39. The second kappa shape index (κ2) is 5.97. The maximum absolute atomic E-state index is 6.08. The van der Waals surface area contributed by atoms with Crippen molar-refractivity contribution in [2.75, 3.05) is 6.54 Å². The molecule has 0 aliphatic carbocycles. The van der Waals surface area contributed by atoms with Gasteiger partial charge in [0.2, 0.25) is 0 Å². The number of rotatable bonds is 3. The molecule has 0 aliphatic rings. The Morgan fingerprint density at radius 3 is 2.75 bits per heavy atom. The van der Waals surface area contributed by atoms with Crippen molar-refractivity contribution >= 4 is 29.2 Å². The second-order valence-corrected chi connectivity index (χ2v) is 4.24. The molecule has 0 bridgehead atoms. The summed E-state index contributed by atoms with van der Waals surface area (Å²) in [6.07, 6.45) is 0. The van der Waals surface area contributed by atoms with Gasteiger partial charge < -0.3 is 11.1 Å². The first-order valence-electron chi connectivity index (χ1n) is 5.06. The average molecular weight is 260 g/mol. The number of nitrogens with zero attached hydrogens (tertiary/aromatic N) is 1. The number of nitrogens with one attached hydrogen (secondary N) is 1. The fourth-order valence-electron chi connectivity index (χ4n) is 1.37. The van der Waals surface area contributed by atoms with E-state index in [0.717, 1.165) is 5.56 Å².